The van der Waals surface area contributed by atoms with Crippen LogP contribution in [0.3, 0.4) is 0 Å². The predicted molar refractivity (Wildman–Crippen MR) is 419 cm³/mol. The standard InChI is InChI=1S/C86H82N10O12.2HI/c1-7-9-49-89-77-19-13-11-17-71(77)83(3,79(89)21-15-23-81-85(55-61-29-37-65(38-30-61)91(97)98,56-62-31-39-66(40-32-62)92(99)100)73-51-69(95(105)106)45-47-75(73)87(81)5)53-59-25-27-60(28-26-59)54-84(4)72-18-12-14-20-78(72)90(50-10-8-2)80(84)22-16-24-82-86(57-63-33-41-67(42-34-63)93(101)102,58-64-35-43-68(44-36-64)94(103)104)74-52-70(96(107)108)46-48-76(74)88(82)6;;/h11-48,51-52H,7-10,49-50,53-58H2,1-6H3;2*1H/q+2;;/p-2. The smallest absolute Gasteiger partial charge is 0.269 e. The summed E-state index contributed by atoms with van der Waals surface area (Å²) in [5.41, 5.74) is 12.7. The molecule has 0 spiro atoms. The lowest BCUT2D eigenvalue weighted by Crippen LogP contribution is -3.00. The predicted octanol–water partition coefficient (Wildman–Crippen LogP) is 12.6. The maximum Gasteiger partial charge on any atom is 0.269 e. The van der Waals surface area contributed by atoms with Gasteiger partial charge < -0.3 is 57.8 Å². The molecule has 4 heterocycles. The van der Waals surface area contributed by atoms with E-state index in [0.717, 1.165) is 118 Å². The summed E-state index contributed by atoms with van der Waals surface area (Å²) in [6.07, 6.45) is 18.7. The molecule has 9 aromatic rings. The molecule has 0 saturated carbocycles. The Morgan fingerprint density at radius 1 is 0.355 bits per heavy atom. The molecule has 0 amide bonds. The average Bonchev–Trinajstić information content (AvgIpc) is 1.90. The lowest BCUT2D eigenvalue weighted by Gasteiger charge is -2.33. The van der Waals surface area contributed by atoms with E-state index in [2.05, 4.69) is 146 Å². The lowest BCUT2D eigenvalue weighted by molar-refractivity contribution is -0.438. The van der Waals surface area contributed by atoms with Crippen LogP contribution < -0.4 is 57.8 Å². The van der Waals surface area contributed by atoms with Crippen LogP contribution in [0.4, 0.5) is 56.9 Å². The number of fused-ring (bicyclic) bond motifs is 4. The highest BCUT2D eigenvalue weighted by Crippen LogP contribution is 2.55. The summed E-state index contributed by atoms with van der Waals surface area (Å²) in [5, 5.41) is 73.0. The number of nitrogens with zero attached hydrogens (tertiary/aromatic N) is 10. The van der Waals surface area contributed by atoms with Gasteiger partial charge in [0, 0.05) is 169 Å². The van der Waals surface area contributed by atoms with Crippen molar-refractivity contribution in [2.45, 2.75) is 114 Å². The molecule has 0 radical (unpaired) electrons. The van der Waals surface area contributed by atoms with Crippen molar-refractivity contribution in [1.82, 2.24) is 0 Å². The number of rotatable bonds is 28. The number of unbranched alkanes of at least 4 members (excludes halogenated alkanes) is 2. The van der Waals surface area contributed by atoms with Gasteiger partial charge in [-0.3, -0.25) is 60.7 Å². The molecule has 0 N–H and O–H groups in total. The van der Waals surface area contributed by atoms with Gasteiger partial charge in [-0.2, -0.15) is 9.15 Å². The molecule has 13 rings (SSSR count). The van der Waals surface area contributed by atoms with Crippen molar-refractivity contribution in [3.05, 3.63) is 370 Å². The molecule has 0 aliphatic carbocycles. The van der Waals surface area contributed by atoms with Gasteiger partial charge in [-0.05, 0) is 121 Å². The molecule has 2 unspecified atom stereocenters. The summed E-state index contributed by atoms with van der Waals surface area (Å²) in [7, 11) is 3.86. The number of para-hydroxylation sites is 2. The van der Waals surface area contributed by atoms with Crippen molar-refractivity contribution >= 4 is 68.3 Å². The average molecular weight is 1700 g/mol. The fourth-order valence-electron chi connectivity index (χ4n) is 17.1. The zero-order valence-corrected chi connectivity index (χ0v) is 66.0. The molecule has 562 valence electrons. The minimum absolute atomic E-state index is 0. The van der Waals surface area contributed by atoms with Gasteiger partial charge in [-0.1, -0.05) is 148 Å². The van der Waals surface area contributed by atoms with Gasteiger partial charge in [0.15, 0.2) is 11.4 Å². The Morgan fingerprint density at radius 3 is 0.900 bits per heavy atom. The van der Waals surface area contributed by atoms with Gasteiger partial charge in [-0.15, -0.1) is 0 Å². The molecule has 4 aliphatic rings. The zero-order chi connectivity index (χ0) is 76.4. The SMILES string of the molecule is CCCC[N+]1=C(/C=C/C=C2/N(C)c3ccc([N+](=O)[O-])cc3C2(Cc2ccc([N+](=O)[O-])cc2)Cc2ccc([N+](=O)[O-])cc2)C(C)(Cc2ccc(CC3(C)C(/C=C/C=C4/N(C)c5ccc([N+](=O)[O-])cc5C4(Cc4ccc([N+](=O)[O-])cc4)Cc4ccc([N+](=O)[O-])cc4)=[N+](CCCC)c4ccccc43)cc2)c2ccccc21.[I-].[I-]. The molecule has 110 heavy (non-hydrogen) atoms. The first-order valence-electron chi connectivity index (χ1n) is 36.2. The number of non-ortho nitro benzene ring substituents is 6. The van der Waals surface area contributed by atoms with Crippen LogP contribution in [0.2, 0.25) is 0 Å². The summed E-state index contributed by atoms with van der Waals surface area (Å²) < 4.78 is 4.85. The first kappa shape index (κ1) is 79.8. The van der Waals surface area contributed by atoms with Gasteiger partial charge in [-0.25, -0.2) is 0 Å². The third-order valence-electron chi connectivity index (χ3n) is 22.4. The van der Waals surface area contributed by atoms with E-state index in [1.54, 1.807) is 72.8 Å². The van der Waals surface area contributed by atoms with E-state index >= 15 is 0 Å². The van der Waals surface area contributed by atoms with E-state index in [4.69, 9.17) is 0 Å². The van der Waals surface area contributed by atoms with Crippen molar-refractivity contribution in [3.8, 4) is 0 Å². The van der Waals surface area contributed by atoms with Crippen molar-refractivity contribution in [3.63, 3.8) is 0 Å². The normalized spacial score (nSPS) is 17.8. The van der Waals surface area contributed by atoms with Crippen molar-refractivity contribution < 1.29 is 86.6 Å². The Labute approximate surface area is 671 Å². The van der Waals surface area contributed by atoms with E-state index in [9.17, 15) is 60.7 Å². The molecule has 0 bridgehead atoms. The first-order chi connectivity index (χ1) is 51.9. The topological polar surface area (TPSA) is 271 Å². The Kier molecular flexibility index (Phi) is 23.9. The number of likely N-dealkylation sites (N-methyl/N-ethyl adjacent to an activating group) is 2. The molecule has 0 saturated heterocycles. The number of nitro benzene ring substituents is 6. The number of allylic oxidation sites excluding steroid dienone is 8. The van der Waals surface area contributed by atoms with E-state index in [1.165, 1.54) is 71.8 Å². The molecule has 0 fully saturated rings. The summed E-state index contributed by atoms with van der Waals surface area (Å²) in [6, 6.07) is 61.1. The molecular formula is C86H82I2N10O12. The Bertz CT molecular complexity index is 4850. The summed E-state index contributed by atoms with van der Waals surface area (Å²) >= 11 is 0. The van der Waals surface area contributed by atoms with Gasteiger partial charge in [0.2, 0.25) is 11.4 Å². The summed E-state index contributed by atoms with van der Waals surface area (Å²) in [6.45, 7) is 10.4. The van der Waals surface area contributed by atoms with Crippen LogP contribution >= 0.6 is 0 Å². The highest BCUT2D eigenvalue weighted by molar-refractivity contribution is 6.05. The maximum absolute atomic E-state index is 12.6. The number of anilines is 2. The van der Waals surface area contributed by atoms with Crippen LogP contribution in [0, 0.1) is 60.7 Å². The molecular weight excluding hydrogens is 1620 g/mol. The van der Waals surface area contributed by atoms with Gasteiger partial charge in [0.25, 0.3) is 34.1 Å². The van der Waals surface area contributed by atoms with Crippen LogP contribution in [-0.4, -0.2) is 77.3 Å². The van der Waals surface area contributed by atoms with Crippen LogP contribution in [0.15, 0.2) is 254 Å². The molecule has 4 aliphatic heterocycles. The maximum atomic E-state index is 12.6. The molecule has 0 aromatic heterocycles. The fourth-order valence-corrected chi connectivity index (χ4v) is 17.1. The molecule has 24 heteroatoms. The monoisotopic (exact) mass is 1700 g/mol. The Balaban J connectivity index is 0.00000600. The zero-order valence-electron chi connectivity index (χ0n) is 61.7. The molecule has 2 atom stereocenters. The minimum atomic E-state index is -1.03. The van der Waals surface area contributed by atoms with Crippen LogP contribution in [0.5, 0.6) is 0 Å². The van der Waals surface area contributed by atoms with Crippen molar-refractivity contribution in [2.75, 3.05) is 37.0 Å². The second-order valence-corrected chi connectivity index (χ2v) is 29.1. The fraction of sp³-hybridized carbons (Fsp3) is 0.256. The van der Waals surface area contributed by atoms with Crippen LogP contribution in [-0.2, 0) is 60.2 Å². The number of hydrogen-bond acceptors (Lipinski definition) is 14. The summed E-state index contributed by atoms with van der Waals surface area (Å²) in [5.74, 6) is 0. The second kappa shape index (κ2) is 32.9. The number of halogens is 2. The van der Waals surface area contributed by atoms with Crippen molar-refractivity contribution in [1.29, 1.82) is 0 Å². The highest BCUT2D eigenvalue weighted by atomic mass is 127. The minimum Gasteiger partial charge on any atom is -1.00 e. The van der Waals surface area contributed by atoms with Gasteiger partial charge in [0.1, 0.15) is 13.1 Å². The van der Waals surface area contributed by atoms with Crippen molar-refractivity contribution in [2.24, 2.45) is 0 Å². The van der Waals surface area contributed by atoms with E-state index in [1.807, 2.05) is 23.9 Å². The number of hydrogen-bond donors (Lipinski definition) is 0. The van der Waals surface area contributed by atoms with Gasteiger partial charge >= 0.3 is 0 Å². The third-order valence-corrected chi connectivity index (χ3v) is 22.4. The van der Waals surface area contributed by atoms with E-state index < -0.39 is 51.2 Å². The van der Waals surface area contributed by atoms with E-state index in [0.29, 0.717) is 24.0 Å². The largest absolute Gasteiger partial charge is 1.00 e. The molecule has 22 nitrogen and oxygen atoms in total. The van der Waals surface area contributed by atoms with E-state index in [-0.39, 0.29) is 108 Å². The van der Waals surface area contributed by atoms with Gasteiger partial charge in [0.05, 0.1) is 40.4 Å². The number of nitro groups is 6. The Morgan fingerprint density at radius 2 is 0.618 bits per heavy atom. The first-order valence-corrected chi connectivity index (χ1v) is 36.2. The summed E-state index contributed by atoms with van der Waals surface area (Å²) in [4.78, 5) is 74.4. The molecule has 9 aromatic carbocycles. The highest BCUT2D eigenvalue weighted by Gasteiger charge is 2.52. The Hall–Kier alpha value is -11.3. The quantitative estimate of drug-likeness (QED) is 0.0191. The second-order valence-electron chi connectivity index (χ2n) is 29.1. The third kappa shape index (κ3) is 15.3. The van der Waals surface area contributed by atoms with Crippen LogP contribution in [0.1, 0.15) is 109 Å². The van der Waals surface area contributed by atoms with Crippen LogP contribution in [0.25, 0.3) is 0 Å². The number of benzene rings is 9. The lowest BCUT2D eigenvalue weighted by atomic mass is 9.70.